The zero-order valence-electron chi connectivity index (χ0n) is 13.2. The third kappa shape index (κ3) is 4.18. The molecule has 2 rings (SSSR count). The van der Waals surface area contributed by atoms with E-state index in [1.165, 1.54) is 4.31 Å². The average molecular weight is 332 g/mol. The maximum atomic E-state index is 12.5. The molecular weight excluding hydrogens is 312 g/mol. The monoisotopic (exact) mass is 332 g/mol. The van der Waals surface area contributed by atoms with Crippen molar-refractivity contribution in [2.24, 2.45) is 0 Å². The van der Waals surface area contributed by atoms with Crippen LogP contribution in [0.15, 0.2) is 59.5 Å². The smallest absolute Gasteiger partial charge is 0.251 e. The van der Waals surface area contributed by atoms with Crippen LogP contribution in [0.5, 0.6) is 0 Å². The van der Waals surface area contributed by atoms with Gasteiger partial charge in [-0.1, -0.05) is 30.3 Å². The number of hydrogen-bond donors (Lipinski definition) is 1. The summed E-state index contributed by atoms with van der Waals surface area (Å²) in [5, 5.41) is 2.72. The standard InChI is InChI=1S/C17H20N2O3S/c1-3-18-17(20)15-11-9-14(10-12-15)13-19(2)23(21,22)16-7-5-4-6-8-16/h4-12H,3,13H2,1-2H3,(H,18,20). The lowest BCUT2D eigenvalue weighted by Crippen LogP contribution is -2.26. The van der Waals surface area contributed by atoms with Crippen LogP contribution < -0.4 is 5.32 Å². The summed E-state index contributed by atoms with van der Waals surface area (Å²) in [7, 11) is -1.98. The molecule has 0 heterocycles. The lowest BCUT2D eigenvalue weighted by Gasteiger charge is -2.17. The SMILES string of the molecule is CCNC(=O)c1ccc(CN(C)S(=O)(=O)c2ccccc2)cc1. The van der Waals surface area contributed by atoms with Crippen LogP contribution in [-0.2, 0) is 16.6 Å². The van der Waals surface area contributed by atoms with E-state index in [0.717, 1.165) is 5.56 Å². The summed E-state index contributed by atoms with van der Waals surface area (Å²) in [6.07, 6.45) is 0. The number of rotatable bonds is 6. The van der Waals surface area contributed by atoms with Gasteiger partial charge in [-0.05, 0) is 36.8 Å². The predicted octanol–water partition coefficient (Wildman–Crippen LogP) is 2.26. The van der Waals surface area contributed by atoms with Crippen LogP contribution in [0.1, 0.15) is 22.8 Å². The number of carbonyl (C=O) groups is 1. The minimum Gasteiger partial charge on any atom is -0.352 e. The van der Waals surface area contributed by atoms with Crippen LogP contribution in [0.2, 0.25) is 0 Å². The summed E-state index contributed by atoms with van der Waals surface area (Å²) < 4.78 is 26.2. The fourth-order valence-corrected chi connectivity index (χ4v) is 3.32. The fraction of sp³-hybridized carbons (Fsp3) is 0.235. The third-order valence-electron chi connectivity index (χ3n) is 3.41. The summed E-state index contributed by atoms with van der Waals surface area (Å²) in [6.45, 7) is 2.67. The van der Waals surface area contributed by atoms with Gasteiger partial charge >= 0.3 is 0 Å². The Bertz CT molecular complexity index is 756. The lowest BCUT2D eigenvalue weighted by atomic mass is 10.1. The van der Waals surface area contributed by atoms with E-state index in [1.807, 2.05) is 6.92 Å². The molecule has 0 aromatic heterocycles. The summed E-state index contributed by atoms with van der Waals surface area (Å²) >= 11 is 0. The van der Waals surface area contributed by atoms with Crippen LogP contribution in [0.4, 0.5) is 0 Å². The minimum absolute atomic E-state index is 0.135. The van der Waals surface area contributed by atoms with E-state index in [2.05, 4.69) is 5.32 Å². The number of sulfonamides is 1. The third-order valence-corrected chi connectivity index (χ3v) is 5.23. The molecule has 0 bridgehead atoms. The molecule has 0 atom stereocenters. The van der Waals surface area contributed by atoms with Gasteiger partial charge in [0.25, 0.3) is 5.91 Å². The Kier molecular flexibility index (Phi) is 5.52. The van der Waals surface area contributed by atoms with Gasteiger partial charge in [0, 0.05) is 25.7 Å². The van der Waals surface area contributed by atoms with Crippen molar-refractivity contribution in [3.05, 3.63) is 65.7 Å². The molecular formula is C17H20N2O3S. The highest BCUT2D eigenvalue weighted by Crippen LogP contribution is 2.16. The highest BCUT2D eigenvalue weighted by Gasteiger charge is 2.20. The van der Waals surface area contributed by atoms with Crippen LogP contribution in [0.25, 0.3) is 0 Å². The highest BCUT2D eigenvalue weighted by atomic mass is 32.2. The zero-order valence-corrected chi connectivity index (χ0v) is 14.0. The second kappa shape index (κ2) is 7.39. The first kappa shape index (κ1) is 17.2. The summed E-state index contributed by atoms with van der Waals surface area (Å²) in [5.41, 5.74) is 1.38. The largest absolute Gasteiger partial charge is 0.352 e. The number of nitrogens with one attached hydrogen (secondary N) is 1. The molecule has 0 saturated heterocycles. The molecule has 2 aromatic rings. The van der Waals surface area contributed by atoms with Gasteiger partial charge in [0.2, 0.25) is 10.0 Å². The van der Waals surface area contributed by atoms with Crippen molar-refractivity contribution in [3.8, 4) is 0 Å². The predicted molar refractivity (Wildman–Crippen MR) is 89.5 cm³/mol. The first-order chi connectivity index (χ1) is 10.9. The molecule has 0 spiro atoms. The van der Waals surface area contributed by atoms with Gasteiger partial charge in [0.05, 0.1) is 4.90 Å². The van der Waals surface area contributed by atoms with Gasteiger partial charge in [-0.25, -0.2) is 8.42 Å². The molecule has 1 amide bonds. The first-order valence-electron chi connectivity index (χ1n) is 7.33. The van der Waals surface area contributed by atoms with Gasteiger partial charge in [-0.3, -0.25) is 4.79 Å². The minimum atomic E-state index is -3.52. The van der Waals surface area contributed by atoms with E-state index in [0.29, 0.717) is 12.1 Å². The number of hydrogen-bond acceptors (Lipinski definition) is 3. The van der Waals surface area contributed by atoms with Gasteiger partial charge in [-0.15, -0.1) is 0 Å². The lowest BCUT2D eigenvalue weighted by molar-refractivity contribution is 0.0956. The Morgan fingerprint density at radius 2 is 1.65 bits per heavy atom. The molecule has 5 nitrogen and oxygen atoms in total. The first-order valence-corrected chi connectivity index (χ1v) is 8.77. The molecule has 6 heteroatoms. The van der Waals surface area contributed by atoms with E-state index in [9.17, 15) is 13.2 Å². The Morgan fingerprint density at radius 1 is 1.04 bits per heavy atom. The number of amides is 1. The molecule has 0 aliphatic heterocycles. The molecule has 0 radical (unpaired) electrons. The van der Waals surface area contributed by atoms with Gasteiger partial charge in [0.1, 0.15) is 0 Å². The second-order valence-corrected chi connectivity index (χ2v) is 7.18. The Labute approximate surface area is 137 Å². The van der Waals surface area contributed by atoms with Gasteiger partial charge in [0.15, 0.2) is 0 Å². The van der Waals surface area contributed by atoms with Crippen molar-refractivity contribution in [1.82, 2.24) is 9.62 Å². The summed E-state index contributed by atoms with van der Waals surface area (Å²) in [4.78, 5) is 12.0. The molecule has 122 valence electrons. The van der Waals surface area contributed by atoms with Gasteiger partial charge < -0.3 is 5.32 Å². The molecule has 0 aliphatic rings. The molecule has 0 unspecified atom stereocenters. The molecule has 1 N–H and O–H groups in total. The van der Waals surface area contributed by atoms with Gasteiger partial charge in [-0.2, -0.15) is 4.31 Å². The van der Waals surface area contributed by atoms with E-state index in [1.54, 1.807) is 61.6 Å². The Morgan fingerprint density at radius 3 is 2.22 bits per heavy atom. The molecule has 0 aliphatic carbocycles. The van der Waals surface area contributed by atoms with E-state index < -0.39 is 10.0 Å². The van der Waals surface area contributed by atoms with E-state index in [-0.39, 0.29) is 17.3 Å². The molecule has 0 fully saturated rings. The molecule has 2 aromatic carbocycles. The number of carbonyl (C=O) groups excluding carboxylic acids is 1. The fourth-order valence-electron chi connectivity index (χ4n) is 2.14. The van der Waals surface area contributed by atoms with E-state index >= 15 is 0 Å². The van der Waals surface area contributed by atoms with Crippen LogP contribution in [-0.4, -0.2) is 32.2 Å². The topological polar surface area (TPSA) is 66.5 Å². The van der Waals surface area contributed by atoms with Crippen molar-refractivity contribution >= 4 is 15.9 Å². The van der Waals surface area contributed by atoms with Crippen LogP contribution >= 0.6 is 0 Å². The molecule has 0 saturated carbocycles. The Balaban J connectivity index is 2.11. The van der Waals surface area contributed by atoms with Crippen molar-refractivity contribution in [1.29, 1.82) is 0 Å². The van der Waals surface area contributed by atoms with Crippen molar-refractivity contribution in [3.63, 3.8) is 0 Å². The Hall–Kier alpha value is -2.18. The van der Waals surface area contributed by atoms with Crippen LogP contribution in [0.3, 0.4) is 0 Å². The quantitative estimate of drug-likeness (QED) is 0.882. The molecule has 23 heavy (non-hydrogen) atoms. The zero-order chi connectivity index (χ0) is 16.9. The van der Waals surface area contributed by atoms with Crippen molar-refractivity contribution in [2.75, 3.05) is 13.6 Å². The second-order valence-electron chi connectivity index (χ2n) is 5.13. The summed E-state index contributed by atoms with van der Waals surface area (Å²) in [5.74, 6) is -0.135. The number of nitrogens with zero attached hydrogens (tertiary/aromatic N) is 1. The maximum absolute atomic E-state index is 12.5. The normalized spacial score (nSPS) is 11.4. The van der Waals surface area contributed by atoms with Crippen molar-refractivity contribution < 1.29 is 13.2 Å². The summed E-state index contributed by atoms with van der Waals surface area (Å²) in [6, 6.07) is 15.2. The number of benzene rings is 2. The maximum Gasteiger partial charge on any atom is 0.251 e. The average Bonchev–Trinajstić information content (AvgIpc) is 2.56. The van der Waals surface area contributed by atoms with E-state index in [4.69, 9.17) is 0 Å². The van der Waals surface area contributed by atoms with Crippen molar-refractivity contribution in [2.45, 2.75) is 18.4 Å². The van der Waals surface area contributed by atoms with Crippen LogP contribution in [0, 0.1) is 0 Å². The highest BCUT2D eigenvalue weighted by molar-refractivity contribution is 7.89.